The van der Waals surface area contributed by atoms with Crippen molar-refractivity contribution in [3.63, 3.8) is 0 Å². The van der Waals surface area contributed by atoms with Gasteiger partial charge in [-0.2, -0.15) is 12.6 Å². The van der Waals surface area contributed by atoms with Crippen LogP contribution >= 0.6 is 12.6 Å². The summed E-state index contributed by atoms with van der Waals surface area (Å²) in [6, 6.07) is -2.58. The van der Waals surface area contributed by atoms with Gasteiger partial charge in [0.2, 0.25) is 11.8 Å². The second kappa shape index (κ2) is 10.4. The van der Waals surface area contributed by atoms with Crippen molar-refractivity contribution in [2.24, 2.45) is 11.7 Å². The van der Waals surface area contributed by atoms with Crippen molar-refractivity contribution in [1.82, 2.24) is 10.6 Å². The zero-order chi connectivity index (χ0) is 17.3. The van der Waals surface area contributed by atoms with Gasteiger partial charge < -0.3 is 21.5 Å². The lowest BCUT2D eigenvalue weighted by Crippen LogP contribution is -2.55. The van der Waals surface area contributed by atoms with Crippen LogP contribution in [0.5, 0.6) is 0 Å². The molecule has 0 unspecified atom stereocenters. The number of carboxylic acids is 1. The molecule has 0 aliphatic rings. The first-order valence-corrected chi connectivity index (χ1v) is 8.11. The van der Waals surface area contributed by atoms with Gasteiger partial charge in [0.25, 0.3) is 0 Å². The molecule has 0 rings (SSSR count). The predicted octanol–water partition coefficient (Wildman–Crippen LogP) is 0.144. The fraction of sp³-hybridized carbons (Fsp3) is 0.786. The third kappa shape index (κ3) is 6.65. The number of nitrogens with one attached hydrogen (secondary N) is 2. The summed E-state index contributed by atoms with van der Waals surface area (Å²) < 4.78 is 0. The zero-order valence-electron chi connectivity index (χ0n) is 13.3. The quantitative estimate of drug-likeness (QED) is 0.364. The van der Waals surface area contributed by atoms with Crippen molar-refractivity contribution >= 4 is 30.4 Å². The molecule has 0 saturated carbocycles. The summed E-state index contributed by atoms with van der Waals surface area (Å²) in [5, 5.41) is 13.9. The summed E-state index contributed by atoms with van der Waals surface area (Å²) in [4.78, 5) is 35.1. The number of hydrogen-bond donors (Lipinski definition) is 5. The Balaban J connectivity index is 4.81. The van der Waals surface area contributed by atoms with Gasteiger partial charge in [-0.1, -0.05) is 33.6 Å². The van der Waals surface area contributed by atoms with Gasteiger partial charge in [-0.3, -0.25) is 9.59 Å². The third-order valence-corrected chi connectivity index (χ3v) is 3.93. The third-order valence-electron chi connectivity index (χ3n) is 3.57. The lowest BCUT2D eigenvalue weighted by atomic mass is 9.99. The number of carbonyl (C=O) groups excluding carboxylic acids is 2. The van der Waals surface area contributed by atoms with Crippen LogP contribution in [0.4, 0.5) is 0 Å². The highest BCUT2D eigenvalue weighted by Gasteiger charge is 2.28. The number of hydrogen-bond acceptors (Lipinski definition) is 5. The second-order valence-corrected chi connectivity index (χ2v) is 5.71. The van der Waals surface area contributed by atoms with E-state index in [0.29, 0.717) is 12.8 Å². The Kier molecular flexibility index (Phi) is 9.84. The smallest absolute Gasteiger partial charge is 0.327 e. The SMILES string of the molecule is CCC[C@H](NC(=O)[C@@H](N)[C@@H](C)CC)C(=O)N[C@@H](CS)C(=O)O. The molecule has 0 aliphatic carbocycles. The molecule has 5 N–H and O–H groups in total. The Morgan fingerprint density at radius 2 is 1.68 bits per heavy atom. The maximum atomic E-state index is 12.1. The first-order chi connectivity index (χ1) is 10.3. The number of carboxylic acid groups (broad SMARTS) is 1. The Labute approximate surface area is 136 Å². The average Bonchev–Trinajstić information content (AvgIpc) is 2.49. The van der Waals surface area contributed by atoms with Gasteiger partial charge in [-0.05, 0) is 12.3 Å². The molecular weight excluding hydrogens is 306 g/mol. The van der Waals surface area contributed by atoms with Crippen LogP contribution in [0.3, 0.4) is 0 Å². The molecule has 0 spiro atoms. The molecule has 0 radical (unpaired) electrons. The minimum Gasteiger partial charge on any atom is -0.480 e. The van der Waals surface area contributed by atoms with Crippen molar-refractivity contribution < 1.29 is 19.5 Å². The largest absolute Gasteiger partial charge is 0.480 e. The standard InChI is InChI=1S/C14H27N3O4S/c1-4-6-9(12(18)17-10(7-22)14(20)21)16-13(19)11(15)8(3)5-2/h8-11,22H,4-7,15H2,1-3H3,(H,16,19)(H,17,18)(H,20,21)/t8-,9-,10-,11-/m0/s1. The van der Waals surface area contributed by atoms with E-state index in [1.165, 1.54) is 0 Å². The minimum absolute atomic E-state index is 0.00505. The lowest BCUT2D eigenvalue weighted by molar-refractivity contribution is -0.141. The number of nitrogens with two attached hydrogens (primary N) is 1. The normalized spacial score (nSPS) is 16.2. The highest BCUT2D eigenvalue weighted by molar-refractivity contribution is 7.80. The fourth-order valence-electron chi connectivity index (χ4n) is 1.80. The van der Waals surface area contributed by atoms with Gasteiger partial charge in [0.05, 0.1) is 6.04 Å². The molecule has 22 heavy (non-hydrogen) atoms. The summed E-state index contributed by atoms with van der Waals surface area (Å²) in [6.07, 6.45) is 1.82. The summed E-state index contributed by atoms with van der Waals surface area (Å²) in [5.74, 6) is -2.13. The Morgan fingerprint density at radius 1 is 1.14 bits per heavy atom. The summed E-state index contributed by atoms with van der Waals surface area (Å²) in [6.45, 7) is 5.66. The molecule has 7 nitrogen and oxygen atoms in total. The zero-order valence-corrected chi connectivity index (χ0v) is 14.2. The molecule has 0 bridgehead atoms. The van der Waals surface area contributed by atoms with Gasteiger partial charge in [-0.15, -0.1) is 0 Å². The van der Waals surface area contributed by atoms with Crippen molar-refractivity contribution in [2.75, 3.05) is 5.75 Å². The summed E-state index contributed by atoms with van der Waals surface area (Å²) >= 11 is 3.89. The fourth-order valence-corrected chi connectivity index (χ4v) is 2.04. The molecule has 0 fully saturated rings. The Bertz CT molecular complexity index is 392. The monoisotopic (exact) mass is 333 g/mol. The van der Waals surface area contributed by atoms with Gasteiger partial charge in [0.15, 0.2) is 0 Å². The molecular formula is C14H27N3O4S. The van der Waals surface area contributed by atoms with Crippen LogP contribution in [0.15, 0.2) is 0 Å². The molecule has 8 heteroatoms. The molecule has 0 aromatic carbocycles. The molecule has 4 atom stereocenters. The summed E-state index contributed by atoms with van der Waals surface area (Å²) in [7, 11) is 0. The maximum Gasteiger partial charge on any atom is 0.327 e. The van der Waals surface area contributed by atoms with Crippen LogP contribution in [0, 0.1) is 5.92 Å². The number of amides is 2. The van der Waals surface area contributed by atoms with Crippen LogP contribution in [-0.4, -0.2) is 46.8 Å². The van der Waals surface area contributed by atoms with Crippen LogP contribution in [0.25, 0.3) is 0 Å². The maximum absolute atomic E-state index is 12.1. The molecule has 0 aliphatic heterocycles. The lowest BCUT2D eigenvalue weighted by Gasteiger charge is -2.24. The first kappa shape index (κ1) is 20.7. The van der Waals surface area contributed by atoms with Crippen LogP contribution in [0.1, 0.15) is 40.0 Å². The van der Waals surface area contributed by atoms with Crippen molar-refractivity contribution in [3.05, 3.63) is 0 Å². The molecule has 128 valence electrons. The topological polar surface area (TPSA) is 122 Å². The Morgan fingerprint density at radius 3 is 2.09 bits per heavy atom. The first-order valence-electron chi connectivity index (χ1n) is 7.48. The predicted molar refractivity (Wildman–Crippen MR) is 87.7 cm³/mol. The highest BCUT2D eigenvalue weighted by Crippen LogP contribution is 2.07. The van der Waals surface area contributed by atoms with E-state index >= 15 is 0 Å². The molecule has 0 saturated heterocycles. The molecule has 2 amide bonds. The van der Waals surface area contributed by atoms with Crippen molar-refractivity contribution in [3.8, 4) is 0 Å². The van der Waals surface area contributed by atoms with Gasteiger partial charge in [0, 0.05) is 5.75 Å². The van der Waals surface area contributed by atoms with E-state index in [2.05, 4.69) is 23.3 Å². The van der Waals surface area contributed by atoms with E-state index in [1.807, 2.05) is 20.8 Å². The van der Waals surface area contributed by atoms with Crippen LogP contribution in [-0.2, 0) is 14.4 Å². The number of thiol groups is 1. The Hall–Kier alpha value is -1.28. The van der Waals surface area contributed by atoms with E-state index in [0.717, 1.165) is 6.42 Å². The van der Waals surface area contributed by atoms with Gasteiger partial charge in [0.1, 0.15) is 12.1 Å². The second-order valence-electron chi connectivity index (χ2n) is 5.34. The molecule has 0 aromatic heterocycles. The molecule has 0 heterocycles. The van der Waals surface area contributed by atoms with Crippen molar-refractivity contribution in [1.29, 1.82) is 0 Å². The number of carbonyl (C=O) groups is 3. The number of aliphatic carboxylic acids is 1. The van der Waals surface area contributed by atoms with Crippen molar-refractivity contribution in [2.45, 2.75) is 58.2 Å². The van der Waals surface area contributed by atoms with Crippen LogP contribution < -0.4 is 16.4 Å². The van der Waals surface area contributed by atoms with E-state index in [4.69, 9.17) is 10.8 Å². The van der Waals surface area contributed by atoms with Crippen LogP contribution in [0.2, 0.25) is 0 Å². The number of rotatable bonds is 10. The average molecular weight is 333 g/mol. The minimum atomic E-state index is -1.17. The highest BCUT2D eigenvalue weighted by atomic mass is 32.1. The van der Waals surface area contributed by atoms with E-state index < -0.39 is 35.9 Å². The van der Waals surface area contributed by atoms with Gasteiger partial charge in [-0.25, -0.2) is 4.79 Å². The summed E-state index contributed by atoms with van der Waals surface area (Å²) in [5.41, 5.74) is 5.84. The van der Waals surface area contributed by atoms with E-state index in [-0.39, 0.29) is 11.7 Å². The van der Waals surface area contributed by atoms with E-state index in [9.17, 15) is 14.4 Å². The van der Waals surface area contributed by atoms with Gasteiger partial charge >= 0.3 is 5.97 Å². The van der Waals surface area contributed by atoms with E-state index in [1.54, 1.807) is 0 Å². The molecule has 0 aromatic rings.